The predicted octanol–water partition coefficient (Wildman–Crippen LogP) is 3.98. The van der Waals surface area contributed by atoms with Crippen molar-refractivity contribution in [3.05, 3.63) is 57.8 Å². The summed E-state index contributed by atoms with van der Waals surface area (Å²) in [7, 11) is 0. The standard InChI is InChI=1S/C22H28N2O5S/c1-5-28-20(27)16-17(29-19(26)15-11-7-6-8-12-15)18(25)24-21(23-16)22(2,3)13-9-10-14-30-4/h6-8,11-12H,5,9-10,13-14H2,1-4H3,(H,23,24,25). The van der Waals surface area contributed by atoms with Gasteiger partial charge in [-0.3, -0.25) is 4.79 Å². The lowest BCUT2D eigenvalue weighted by atomic mass is 9.86. The highest BCUT2D eigenvalue weighted by Crippen LogP contribution is 2.27. The zero-order chi connectivity index (χ0) is 22.1. The zero-order valence-electron chi connectivity index (χ0n) is 17.8. The van der Waals surface area contributed by atoms with Gasteiger partial charge in [0.15, 0.2) is 5.69 Å². The highest BCUT2D eigenvalue weighted by molar-refractivity contribution is 7.98. The van der Waals surface area contributed by atoms with Gasteiger partial charge in [-0.15, -0.1) is 0 Å². The molecule has 0 spiro atoms. The maximum absolute atomic E-state index is 12.8. The lowest BCUT2D eigenvalue weighted by molar-refractivity contribution is 0.0511. The summed E-state index contributed by atoms with van der Waals surface area (Å²) < 4.78 is 10.3. The van der Waals surface area contributed by atoms with Crippen LogP contribution in [0.15, 0.2) is 35.1 Å². The Morgan fingerprint density at radius 2 is 1.83 bits per heavy atom. The number of thioether (sulfide) groups is 1. The molecular weight excluding hydrogens is 404 g/mol. The minimum Gasteiger partial charge on any atom is -0.461 e. The molecule has 0 fully saturated rings. The summed E-state index contributed by atoms with van der Waals surface area (Å²) in [4.78, 5) is 44.7. The number of ether oxygens (including phenoxy) is 2. The number of hydrogen-bond donors (Lipinski definition) is 1. The van der Waals surface area contributed by atoms with E-state index in [0.29, 0.717) is 5.82 Å². The van der Waals surface area contributed by atoms with Crippen molar-refractivity contribution in [2.75, 3.05) is 18.6 Å². The molecule has 0 atom stereocenters. The second kappa shape index (κ2) is 11.0. The minimum atomic E-state index is -0.807. The molecule has 0 unspecified atom stereocenters. The van der Waals surface area contributed by atoms with Gasteiger partial charge in [0, 0.05) is 5.41 Å². The summed E-state index contributed by atoms with van der Waals surface area (Å²) in [6.45, 7) is 5.66. The molecule has 2 rings (SSSR count). The largest absolute Gasteiger partial charge is 0.461 e. The summed E-state index contributed by atoms with van der Waals surface area (Å²) in [5, 5.41) is 0. The minimum absolute atomic E-state index is 0.104. The summed E-state index contributed by atoms with van der Waals surface area (Å²) in [6, 6.07) is 8.22. The number of carbonyl (C=O) groups is 2. The number of aromatic nitrogens is 2. The summed E-state index contributed by atoms with van der Waals surface area (Å²) in [5.74, 6) is -0.595. The van der Waals surface area contributed by atoms with Crippen molar-refractivity contribution >= 4 is 23.7 Å². The van der Waals surface area contributed by atoms with Crippen molar-refractivity contribution < 1.29 is 19.1 Å². The first-order valence-corrected chi connectivity index (χ1v) is 11.3. The number of rotatable bonds is 10. The summed E-state index contributed by atoms with van der Waals surface area (Å²) in [5.41, 5.74) is -1.20. The molecular formula is C22H28N2O5S. The molecule has 1 aromatic carbocycles. The molecule has 8 heteroatoms. The highest BCUT2D eigenvalue weighted by atomic mass is 32.2. The Morgan fingerprint density at radius 1 is 1.13 bits per heavy atom. The van der Waals surface area contributed by atoms with E-state index < -0.39 is 28.7 Å². The van der Waals surface area contributed by atoms with Crippen molar-refractivity contribution in [2.45, 2.75) is 45.4 Å². The molecule has 0 aliphatic heterocycles. The highest BCUT2D eigenvalue weighted by Gasteiger charge is 2.29. The number of aromatic amines is 1. The number of nitrogens with one attached hydrogen (secondary N) is 1. The van der Waals surface area contributed by atoms with Gasteiger partial charge in [0.25, 0.3) is 5.56 Å². The van der Waals surface area contributed by atoms with Crippen LogP contribution in [0.1, 0.15) is 66.7 Å². The molecule has 0 aliphatic rings. The Hall–Kier alpha value is -2.61. The van der Waals surface area contributed by atoms with E-state index in [9.17, 15) is 14.4 Å². The molecule has 1 aromatic heterocycles. The van der Waals surface area contributed by atoms with Crippen molar-refractivity contribution in [1.82, 2.24) is 9.97 Å². The van der Waals surface area contributed by atoms with Gasteiger partial charge >= 0.3 is 11.9 Å². The molecule has 1 N–H and O–H groups in total. The third-order valence-electron chi connectivity index (χ3n) is 4.59. The fourth-order valence-electron chi connectivity index (χ4n) is 2.87. The van der Waals surface area contributed by atoms with Crippen LogP contribution >= 0.6 is 11.8 Å². The number of unbranched alkanes of at least 4 members (excludes halogenated alkanes) is 1. The normalized spacial score (nSPS) is 11.2. The number of benzene rings is 1. The van der Waals surface area contributed by atoms with E-state index in [0.717, 1.165) is 25.0 Å². The molecule has 30 heavy (non-hydrogen) atoms. The maximum Gasteiger partial charge on any atom is 0.361 e. The molecule has 1 heterocycles. The first kappa shape index (κ1) is 23.7. The second-order valence-corrected chi connectivity index (χ2v) is 8.39. The fraction of sp³-hybridized carbons (Fsp3) is 0.455. The third kappa shape index (κ3) is 6.19. The Morgan fingerprint density at radius 3 is 2.47 bits per heavy atom. The number of H-pyrrole nitrogens is 1. The van der Waals surface area contributed by atoms with Crippen molar-refractivity contribution in [3.63, 3.8) is 0 Å². The monoisotopic (exact) mass is 432 g/mol. The van der Waals surface area contributed by atoms with E-state index in [1.807, 2.05) is 13.8 Å². The number of esters is 2. The van der Waals surface area contributed by atoms with Crippen molar-refractivity contribution in [1.29, 1.82) is 0 Å². The molecule has 0 saturated carbocycles. The molecule has 0 amide bonds. The smallest absolute Gasteiger partial charge is 0.361 e. The molecule has 0 saturated heterocycles. The van der Waals surface area contributed by atoms with E-state index in [4.69, 9.17) is 9.47 Å². The molecule has 0 radical (unpaired) electrons. The lowest BCUT2D eigenvalue weighted by Crippen LogP contribution is -2.30. The first-order valence-electron chi connectivity index (χ1n) is 9.88. The summed E-state index contributed by atoms with van der Waals surface area (Å²) in [6.07, 6.45) is 4.84. The molecule has 0 aliphatic carbocycles. The average molecular weight is 433 g/mol. The van der Waals surface area contributed by atoms with Gasteiger partial charge in [0.05, 0.1) is 12.2 Å². The number of hydrogen-bond acceptors (Lipinski definition) is 7. The Labute approximate surface area is 180 Å². The maximum atomic E-state index is 12.8. The van der Waals surface area contributed by atoms with Gasteiger partial charge in [-0.25, -0.2) is 14.6 Å². The van der Waals surface area contributed by atoms with Crippen LogP contribution in [-0.2, 0) is 10.2 Å². The Kier molecular flexibility index (Phi) is 8.65. The van der Waals surface area contributed by atoms with Crippen LogP contribution in [0.3, 0.4) is 0 Å². The zero-order valence-corrected chi connectivity index (χ0v) is 18.6. The van der Waals surface area contributed by atoms with E-state index in [-0.39, 0.29) is 17.9 Å². The van der Waals surface area contributed by atoms with Crippen LogP contribution in [0.4, 0.5) is 0 Å². The van der Waals surface area contributed by atoms with Crippen LogP contribution in [0.2, 0.25) is 0 Å². The van der Waals surface area contributed by atoms with Crippen LogP contribution in [0.25, 0.3) is 0 Å². The third-order valence-corrected chi connectivity index (χ3v) is 5.29. The fourth-order valence-corrected chi connectivity index (χ4v) is 3.37. The molecule has 162 valence electrons. The number of nitrogens with zero attached hydrogens (tertiary/aromatic N) is 1. The van der Waals surface area contributed by atoms with Gasteiger partial charge in [-0.05, 0) is 43.9 Å². The van der Waals surface area contributed by atoms with E-state index in [1.165, 1.54) is 0 Å². The topological polar surface area (TPSA) is 98.3 Å². The van der Waals surface area contributed by atoms with Crippen LogP contribution in [0.5, 0.6) is 5.75 Å². The summed E-state index contributed by atoms with van der Waals surface area (Å²) >= 11 is 1.78. The lowest BCUT2D eigenvalue weighted by Gasteiger charge is -2.24. The van der Waals surface area contributed by atoms with Crippen molar-refractivity contribution in [2.24, 2.45) is 0 Å². The SMILES string of the molecule is CCOC(=O)c1nc(C(C)(C)CCCCSC)[nH]c(=O)c1OC(=O)c1ccccc1. The first-order chi connectivity index (χ1) is 14.3. The van der Waals surface area contributed by atoms with Gasteiger partial charge in [0.1, 0.15) is 5.82 Å². The predicted molar refractivity (Wildman–Crippen MR) is 117 cm³/mol. The Balaban J connectivity index is 2.39. The number of carbonyl (C=O) groups excluding carboxylic acids is 2. The van der Waals surface area contributed by atoms with Gasteiger partial charge in [0.2, 0.25) is 5.75 Å². The van der Waals surface area contributed by atoms with E-state index in [2.05, 4.69) is 16.2 Å². The second-order valence-electron chi connectivity index (χ2n) is 7.40. The van der Waals surface area contributed by atoms with Gasteiger partial charge in [-0.1, -0.05) is 38.5 Å². The van der Waals surface area contributed by atoms with Crippen LogP contribution in [-0.4, -0.2) is 40.5 Å². The molecule has 2 aromatic rings. The molecule has 7 nitrogen and oxygen atoms in total. The van der Waals surface area contributed by atoms with E-state index in [1.54, 1.807) is 49.0 Å². The average Bonchev–Trinajstić information content (AvgIpc) is 2.73. The van der Waals surface area contributed by atoms with Gasteiger partial charge in [-0.2, -0.15) is 11.8 Å². The van der Waals surface area contributed by atoms with Gasteiger partial charge < -0.3 is 14.5 Å². The quantitative estimate of drug-likeness (QED) is 0.448. The molecule has 0 bridgehead atoms. The van der Waals surface area contributed by atoms with Crippen LogP contribution < -0.4 is 10.3 Å². The van der Waals surface area contributed by atoms with Crippen molar-refractivity contribution in [3.8, 4) is 5.75 Å². The van der Waals surface area contributed by atoms with E-state index >= 15 is 0 Å². The Bertz CT molecular complexity index is 925. The van der Waals surface area contributed by atoms with Crippen LogP contribution in [0, 0.1) is 0 Å².